The van der Waals surface area contributed by atoms with Gasteiger partial charge in [-0.25, -0.2) is 0 Å². The monoisotopic (exact) mass is 411 g/mol. The van der Waals surface area contributed by atoms with Gasteiger partial charge in [-0.05, 0) is 36.3 Å². The number of amides is 1. The molecule has 0 N–H and O–H groups in total. The van der Waals surface area contributed by atoms with Gasteiger partial charge in [0.15, 0.2) is 0 Å². The molecule has 1 saturated heterocycles. The van der Waals surface area contributed by atoms with Crippen molar-refractivity contribution in [3.63, 3.8) is 0 Å². The smallest absolute Gasteiger partial charge is 0.236 e. The van der Waals surface area contributed by atoms with Crippen molar-refractivity contribution in [1.82, 2.24) is 4.90 Å². The zero-order valence-corrected chi connectivity index (χ0v) is 16.4. The summed E-state index contributed by atoms with van der Waals surface area (Å²) in [6, 6.07) is 16.7. The lowest BCUT2D eigenvalue weighted by molar-refractivity contribution is -0.132. The first-order chi connectivity index (χ1) is 12.6. The number of likely N-dealkylation sites (tertiary alicyclic amines) is 1. The first kappa shape index (κ1) is 17.3. The summed E-state index contributed by atoms with van der Waals surface area (Å²) in [6.45, 7) is 3.34. The summed E-state index contributed by atoms with van der Waals surface area (Å²) in [5, 5.41) is 0. The maximum Gasteiger partial charge on any atom is 0.236 e. The molecule has 0 radical (unpaired) electrons. The molecule has 2 aromatic carbocycles. The lowest BCUT2D eigenvalue weighted by Crippen LogP contribution is -2.50. The molecule has 26 heavy (non-hydrogen) atoms. The Kier molecular flexibility index (Phi) is 4.62. The van der Waals surface area contributed by atoms with Gasteiger partial charge in [-0.2, -0.15) is 0 Å². The third-order valence-corrected chi connectivity index (χ3v) is 5.65. The van der Waals surface area contributed by atoms with Gasteiger partial charge < -0.3 is 9.64 Å². The van der Waals surface area contributed by atoms with E-state index in [9.17, 15) is 4.79 Å². The number of ether oxygens (including phenoxy) is 1. The van der Waals surface area contributed by atoms with Gasteiger partial charge in [0.2, 0.25) is 5.91 Å². The molecule has 4 heteroatoms. The van der Waals surface area contributed by atoms with E-state index in [1.807, 2.05) is 17.9 Å². The van der Waals surface area contributed by atoms with Crippen molar-refractivity contribution in [2.45, 2.75) is 30.2 Å². The van der Waals surface area contributed by atoms with Crippen LogP contribution in [0.5, 0.6) is 5.75 Å². The van der Waals surface area contributed by atoms with Crippen LogP contribution in [-0.4, -0.2) is 34.3 Å². The predicted molar refractivity (Wildman–Crippen MR) is 108 cm³/mol. The van der Waals surface area contributed by atoms with Crippen LogP contribution in [0.15, 0.2) is 54.6 Å². The van der Waals surface area contributed by atoms with Gasteiger partial charge in [-0.1, -0.05) is 58.4 Å². The van der Waals surface area contributed by atoms with Crippen molar-refractivity contribution in [1.29, 1.82) is 0 Å². The zero-order chi connectivity index (χ0) is 18.1. The lowest BCUT2D eigenvalue weighted by Gasteiger charge is -2.42. The summed E-state index contributed by atoms with van der Waals surface area (Å²) in [6.07, 6.45) is 6.02. The van der Waals surface area contributed by atoms with E-state index in [4.69, 9.17) is 4.74 Å². The molecule has 0 saturated carbocycles. The average molecular weight is 412 g/mol. The Morgan fingerprint density at radius 2 is 1.85 bits per heavy atom. The summed E-state index contributed by atoms with van der Waals surface area (Å²) in [4.78, 5) is 14.0. The fraction of sp³-hybridized carbons (Fsp3) is 0.318. The van der Waals surface area contributed by atoms with E-state index in [0.717, 1.165) is 37.2 Å². The number of alkyl halides is 1. The number of rotatable bonds is 2. The normalized spacial score (nSPS) is 18.9. The number of benzene rings is 2. The summed E-state index contributed by atoms with van der Waals surface area (Å²) in [5.41, 5.74) is 3.23. The highest BCUT2D eigenvalue weighted by atomic mass is 79.9. The van der Waals surface area contributed by atoms with Crippen LogP contribution in [-0.2, 0) is 4.79 Å². The number of nitrogens with zero attached hydrogens (tertiary/aromatic N) is 1. The Labute approximate surface area is 162 Å². The van der Waals surface area contributed by atoms with Gasteiger partial charge in [0, 0.05) is 31.5 Å². The maximum absolute atomic E-state index is 12.2. The molecule has 1 spiro atoms. The number of hydrogen-bond acceptors (Lipinski definition) is 2. The van der Waals surface area contributed by atoms with Crippen molar-refractivity contribution in [2.24, 2.45) is 0 Å². The molecular weight excluding hydrogens is 390 g/mol. The third-order valence-electron chi connectivity index (χ3n) is 5.26. The van der Waals surface area contributed by atoms with Crippen LogP contribution in [0, 0.1) is 0 Å². The van der Waals surface area contributed by atoms with Crippen LogP contribution < -0.4 is 4.74 Å². The van der Waals surface area contributed by atoms with E-state index in [0.29, 0.717) is 0 Å². The van der Waals surface area contributed by atoms with E-state index in [2.05, 4.69) is 70.5 Å². The predicted octanol–water partition coefficient (Wildman–Crippen LogP) is 4.90. The molecule has 2 aliphatic rings. The quantitative estimate of drug-likeness (QED) is 0.657. The topological polar surface area (TPSA) is 29.5 Å². The number of fused-ring (bicyclic) bond motifs is 1. The van der Waals surface area contributed by atoms with E-state index in [1.54, 1.807) is 0 Å². The van der Waals surface area contributed by atoms with Crippen molar-refractivity contribution in [3.8, 4) is 16.9 Å². The maximum atomic E-state index is 12.2. The molecule has 4 rings (SSSR count). The fourth-order valence-electron chi connectivity index (χ4n) is 3.70. The molecule has 0 aliphatic carbocycles. The largest absolute Gasteiger partial charge is 0.482 e. The van der Waals surface area contributed by atoms with Crippen molar-refractivity contribution in [2.75, 3.05) is 13.1 Å². The molecule has 2 heterocycles. The summed E-state index contributed by atoms with van der Waals surface area (Å²) >= 11 is 3.37. The fourth-order valence-corrected chi connectivity index (χ4v) is 3.99. The van der Waals surface area contributed by atoms with Gasteiger partial charge in [-0.15, -0.1) is 0 Å². The molecule has 1 amide bonds. The molecule has 2 aromatic rings. The second-order valence-corrected chi connectivity index (χ2v) is 8.43. The van der Waals surface area contributed by atoms with Gasteiger partial charge in [0.1, 0.15) is 11.4 Å². The van der Waals surface area contributed by atoms with Crippen molar-refractivity contribution in [3.05, 3.63) is 60.2 Å². The molecule has 0 aromatic heterocycles. The summed E-state index contributed by atoms with van der Waals surface area (Å²) in [7, 11) is 0. The van der Waals surface area contributed by atoms with Gasteiger partial charge in [-0.3, -0.25) is 4.79 Å². The molecule has 3 nitrogen and oxygen atoms in total. The number of carbonyl (C=O) groups is 1. The van der Waals surface area contributed by atoms with Gasteiger partial charge in [0.25, 0.3) is 0 Å². The number of piperidine rings is 1. The van der Waals surface area contributed by atoms with Crippen molar-refractivity contribution < 1.29 is 9.53 Å². The van der Waals surface area contributed by atoms with Crippen LogP contribution in [0.3, 0.4) is 0 Å². The molecule has 1 fully saturated rings. The molecular formula is C22H22BrNO2. The Morgan fingerprint density at radius 3 is 2.54 bits per heavy atom. The first-order valence-corrected chi connectivity index (χ1v) is 9.98. The number of carbonyl (C=O) groups excluding carboxylic acids is 1. The number of hydrogen-bond donors (Lipinski definition) is 0. The minimum atomic E-state index is -0.284. The molecule has 2 aliphatic heterocycles. The van der Waals surface area contributed by atoms with E-state index >= 15 is 0 Å². The minimum Gasteiger partial charge on any atom is -0.482 e. The van der Waals surface area contributed by atoms with E-state index < -0.39 is 0 Å². The average Bonchev–Trinajstić information content (AvgIpc) is 2.68. The van der Waals surface area contributed by atoms with Crippen LogP contribution >= 0.6 is 15.9 Å². The Hall–Kier alpha value is -2.07. The second-order valence-electron chi connectivity index (χ2n) is 7.06. The molecule has 0 bridgehead atoms. The Bertz CT molecular complexity index is 836. The van der Waals surface area contributed by atoms with Crippen LogP contribution in [0.1, 0.15) is 25.3 Å². The molecule has 1 atom stereocenters. The standard InChI is InChI=1S/C22H22BrNO2/c1-16(23)21(25)24-13-11-22(12-14-24)10-9-19-15-18(7-8-20(19)26-22)17-5-3-2-4-6-17/h2-10,15-16H,11-14H2,1H3. The molecule has 134 valence electrons. The van der Waals surface area contributed by atoms with Crippen LogP contribution in [0.2, 0.25) is 0 Å². The first-order valence-electron chi connectivity index (χ1n) is 9.07. The summed E-state index contributed by atoms with van der Waals surface area (Å²) < 4.78 is 6.40. The number of halogens is 1. The van der Waals surface area contributed by atoms with Gasteiger partial charge in [0.05, 0.1) is 4.83 Å². The third kappa shape index (κ3) is 3.30. The van der Waals surface area contributed by atoms with E-state index in [-0.39, 0.29) is 16.3 Å². The lowest BCUT2D eigenvalue weighted by atomic mass is 9.87. The van der Waals surface area contributed by atoms with Crippen molar-refractivity contribution >= 4 is 27.9 Å². The minimum absolute atomic E-state index is 0.128. The zero-order valence-electron chi connectivity index (χ0n) is 14.8. The summed E-state index contributed by atoms with van der Waals surface area (Å²) in [5.74, 6) is 1.09. The second kappa shape index (κ2) is 6.92. The van der Waals surface area contributed by atoms with E-state index in [1.165, 1.54) is 11.1 Å². The Morgan fingerprint density at radius 1 is 1.12 bits per heavy atom. The highest BCUT2D eigenvalue weighted by Crippen LogP contribution is 2.38. The van der Waals surface area contributed by atoms with Crippen LogP contribution in [0.25, 0.3) is 17.2 Å². The SMILES string of the molecule is CC(Br)C(=O)N1CCC2(C=Cc3cc(-c4ccccc4)ccc3O2)CC1. The molecule has 1 unspecified atom stereocenters. The highest BCUT2D eigenvalue weighted by Gasteiger charge is 2.38. The highest BCUT2D eigenvalue weighted by molar-refractivity contribution is 9.10. The van der Waals surface area contributed by atoms with Gasteiger partial charge >= 0.3 is 0 Å². The van der Waals surface area contributed by atoms with Crippen LogP contribution in [0.4, 0.5) is 0 Å². The Balaban J connectivity index is 1.51.